The number of hydrogen-bond acceptors (Lipinski definition) is 4. The molecule has 7 heteroatoms. The van der Waals surface area contributed by atoms with Crippen LogP contribution >= 0.6 is 0 Å². The van der Waals surface area contributed by atoms with Crippen molar-refractivity contribution in [3.8, 4) is 5.75 Å². The van der Waals surface area contributed by atoms with Crippen molar-refractivity contribution in [1.82, 2.24) is 10.7 Å². The predicted octanol–water partition coefficient (Wildman–Crippen LogP) is 1.03. The van der Waals surface area contributed by atoms with Gasteiger partial charge in [0.1, 0.15) is 17.3 Å². The number of fused-ring (bicyclic) bond motifs is 1. The van der Waals surface area contributed by atoms with Gasteiger partial charge in [-0.15, -0.1) is 0 Å². The second-order valence-corrected chi connectivity index (χ2v) is 4.94. The Bertz CT molecular complexity index is 630. The number of ether oxygens (including phenoxy) is 1. The van der Waals surface area contributed by atoms with Gasteiger partial charge < -0.3 is 10.1 Å². The molecule has 21 heavy (non-hydrogen) atoms. The fourth-order valence-electron chi connectivity index (χ4n) is 2.39. The lowest BCUT2D eigenvalue weighted by Crippen LogP contribution is -2.40. The Morgan fingerprint density at radius 3 is 3.05 bits per heavy atom. The predicted molar refractivity (Wildman–Crippen MR) is 72.2 cm³/mol. The molecule has 2 heterocycles. The lowest BCUT2D eigenvalue weighted by Gasteiger charge is -2.27. The lowest BCUT2D eigenvalue weighted by atomic mass is 10.00. The molecule has 2 aliphatic heterocycles. The van der Waals surface area contributed by atoms with Crippen molar-refractivity contribution in [3.63, 3.8) is 0 Å². The van der Waals surface area contributed by atoms with Crippen LogP contribution in [0.2, 0.25) is 0 Å². The quantitative estimate of drug-likeness (QED) is 0.854. The van der Waals surface area contributed by atoms with Crippen molar-refractivity contribution in [2.45, 2.75) is 25.3 Å². The topological polar surface area (TPSA) is 79.8 Å². The van der Waals surface area contributed by atoms with Crippen LogP contribution in [0, 0.1) is 5.82 Å². The van der Waals surface area contributed by atoms with Gasteiger partial charge >= 0.3 is 0 Å². The van der Waals surface area contributed by atoms with Crippen molar-refractivity contribution < 1.29 is 18.7 Å². The summed E-state index contributed by atoms with van der Waals surface area (Å²) in [4.78, 5) is 23.2. The van der Waals surface area contributed by atoms with Crippen LogP contribution in [0.1, 0.15) is 30.9 Å². The average molecular weight is 291 g/mol. The maximum atomic E-state index is 13.4. The van der Waals surface area contributed by atoms with E-state index in [1.54, 1.807) is 6.07 Å². The zero-order chi connectivity index (χ0) is 14.8. The number of hydrogen-bond donors (Lipinski definition) is 2. The summed E-state index contributed by atoms with van der Waals surface area (Å²) in [5.41, 5.74) is 3.18. The second kappa shape index (κ2) is 5.51. The zero-order valence-corrected chi connectivity index (χ0v) is 11.2. The number of nitrogens with one attached hydrogen (secondary N) is 2. The first-order valence-electron chi connectivity index (χ1n) is 6.72. The zero-order valence-electron chi connectivity index (χ0n) is 11.2. The molecule has 0 bridgehead atoms. The Labute approximate surface area is 120 Å². The molecule has 1 atom stereocenters. The van der Waals surface area contributed by atoms with Crippen molar-refractivity contribution in [2.75, 3.05) is 6.61 Å². The van der Waals surface area contributed by atoms with Crippen LogP contribution < -0.4 is 15.5 Å². The molecule has 0 saturated heterocycles. The van der Waals surface area contributed by atoms with Crippen LogP contribution in [0.3, 0.4) is 0 Å². The summed E-state index contributed by atoms with van der Waals surface area (Å²) in [7, 11) is 0. The molecular weight excluding hydrogens is 277 g/mol. The summed E-state index contributed by atoms with van der Waals surface area (Å²) in [5.74, 6) is -0.352. The number of benzene rings is 1. The van der Waals surface area contributed by atoms with Gasteiger partial charge in [-0.1, -0.05) is 0 Å². The second-order valence-electron chi connectivity index (χ2n) is 4.94. The van der Waals surface area contributed by atoms with Gasteiger partial charge in [0.15, 0.2) is 0 Å². The van der Waals surface area contributed by atoms with E-state index in [4.69, 9.17) is 4.74 Å². The van der Waals surface area contributed by atoms with Crippen LogP contribution in [-0.2, 0) is 9.59 Å². The monoisotopic (exact) mass is 291 g/mol. The largest absolute Gasteiger partial charge is 0.493 e. The minimum Gasteiger partial charge on any atom is -0.493 e. The van der Waals surface area contributed by atoms with E-state index in [0.717, 1.165) is 0 Å². The fraction of sp³-hybridized carbons (Fsp3) is 0.357. The number of hydrazone groups is 1. The number of carbonyl (C=O) groups is 2. The maximum absolute atomic E-state index is 13.4. The summed E-state index contributed by atoms with van der Waals surface area (Å²) in [6, 6.07) is 3.92. The van der Waals surface area contributed by atoms with Crippen molar-refractivity contribution in [3.05, 3.63) is 29.6 Å². The van der Waals surface area contributed by atoms with Gasteiger partial charge in [0.25, 0.3) is 5.91 Å². The molecule has 0 aliphatic carbocycles. The summed E-state index contributed by atoms with van der Waals surface area (Å²) >= 11 is 0. The Kier molecular flexibility index (Phi) is 3.55. The van der Waals surface area contributed by atoms with Gasteiger partial charge in [-0.2, -0.15) is 5.10 Å². The Morgan fingerprint density at radius 1 is 1.43 bits per heavy atom. The molecule has 3 rings (SSSR count). The fourth-order valence-corrected chi connectivity index (χ4v) is 2.39. The third-order valence-corrected chi connectivity index (χ3v) is 3.48. The molecular formula is C14H14FN3O3. The Balaban J connectivity index is 1.76. The van der Waals surface area contributed by atoms with Gasteiger partial charge in [-0.25, -0.2) is 9.82 Å². The normalized spacial score (nSPS) is 20.7. The highest BCUT2D eigenvalue weighted by Crippen LogP contribution is 2.32. The van der Waals surface area contributed by atoms with E-state index in [9.17, 15) is 14.0 Å². The highest BCUT2D eigenvalue weighted by atomic mass is 19.1. The van der Waals surface area contributed by atoms with Gasteiger partial charge in [-0.3, -0.25) is 9.59 Å². The molecule has 1 unspecified atom stereocenters. The first kappa shape index (κ1) is 13.5. The van der Waals surface area contributed by atoms with Crippen LogP contribution in [0.15, 0.2) is 23.3 Å². The molecule has 0 saturated carbocycles. The smallest absolute Gasteiger partial charge is 0.267 e. The minimum atomic E-state index is -0.374. The number of halogens is 1. The van der Waals surface area contributed by atoms with E-state index in [1.807, 2.05) is 0 Å². The molecule has 0 radical (unpaired) electrons. The minimum absolute atomic E-state index is 0.204. The van der Waals surface area contributed by atoms with Crippen LogP contribution in [0.5, 0.6) is 5.75 Å². The van der Waals surface area contributed by atoms with Gasteiger partial charge in [0, 0.05) is 24.8 Å². The van der Waals surface area contributed by atoms with E-state index in [2.05, 4.69) is 15.8 Å². The van der Waals surface area contributed by atoms with E-state index in [0.29, 0.717) is 30.8 Å². The highest BCUT2D eigenvalue weighted by Gasteiger charge is 2.26. The molecule has 2 N–H and O–H groups in total. The van der Waals surface area contributed by atoms with Gasteiger partial charge in [0.05, 0.1) is 12.6 Å². The third-order valence-electron chi connectivity index (χ3n) is 3.48. The van der Waals surface area contributed by atoms with Gasteiger partial charge in [0.2, 0.25) is 5.91 Å². The standard InChI is InChI=1S/C14H14FN3O3/c15-8-1-3-12-9(7-8)10(5-6-21-12)16-14(20)11-2-4-13(19)18-17-11/h1,3,7,10H,2,4-6H2,(H,16,20)(H,18,19). The molecule has 2 amide bonds. The number of carbonyl (C=O) groups excluding carboxylic acids is 2. The molecule has 1 aromatic rings. The SMILES string of the molecule is O=C1CCC(C(=O)NC2CCOc3ccc(F)cc32)=NN1. The van der Waals surface area contributed by atoms with Crippen molar-refractivity contribution in [2.24, 2.45) is 5.10 Å². The van der Waals surface area contributed by atoms with Crippen LogP contribution in [0.25, 0.3) is 0 Å². The molecule has 0 spiro atoms. The Hall–Kier alpha value is -2.44. The lowest BCUT2D eigenvalue weighted by molar-refractivity contribution is -0.121. The van der Waals surface area contributed by atoms with Gasteiger partial charge in [-0.05, 0) is 18.2 Å². The molecule has 2 aliphatic rings. The number of amides is 2. The summed E-state index contributed by atoms with van der Waals surface area (Å²) < 4.78 is 18.8. The van der Waals surface area contributed by atoms with Crippen LogP contribution in [0.4, 0.5) is 4.39 Å². The average Bonchev–Trinajstić information content (AvgIpc) is 2.48. The first-order chi connectivity index (χ1) is 10.1. The molecule has 0 aromatic heterocycles. The van der Waals surface area contributed by atoms with E-state index in [-0.39, 0.29) is 35.8 Å². The Morgan fingerprint density at radius 2 is 2.29 bits per heavy atom. The number of rotatable bonds is 2. The maximum Gasteiger partial charge on any atom is 0.267 e. The van der Waals surface area contributed by atoms with Crippen molar-refractivity contribution >= 4 is 17.5 Å². The molecule has 1 aromatic carbocycles. The molecule has 0 fully saturated rings. The van der Waals surface area contributed by atoms with E-state index < -0.39 is 0 Å². The molecule has 110 valence electrons. The third kappa shape index (κ3) is 2.86. The summed E-state index contributed by atoms with van der Waals surface area (Å²) in [5, 5.41) is 6.57. The van der Waals surface area contributed by atoms with Crippen molar-refractivity contribution in [1.29, 1.82) is 0 Å². The number of nitrogens with zero attached hydrogens (tertiary/aromatic N) is 1. The molecule has 6 nitrogen and oxygen atoms in total. The van der Waals surface area contributed by atoms with Crippen LogP contribution in [-0.4, -0.2) is 24.1 Å². The van der Waals surface area contributed by atoms with E-state index >= 15 is 0 Å². The summed E-state index contributed by atoms with van der Waals surface area (Å²) in [6.07, 6.45) is 1.10. The van der Waals surface area contributed by atoms with E-state index in [1.165, 1.54) is 12.1 Å². The highest BCUT2D eigenvalue weighted by molar-refractivity contribution is 6.39. The first-order valence-corrected chi connectivity index (χ1v) is 6.72. The summed E-state index contributed by atoms with van der Waals surface area (Å²) in [6.45, 7) is 0.451.